The molecule has 5 nitrogen and oxygen atoms in total. The van der Waals surface area contributed by atoms with Crippen molar-refractivity contribution in [3.05, 3.63) is 0 Å². The van der Waals surface area contributed by atoms with Crippen LogP contribution >= 0.6 is 0 Å². The third kappa shape index (κ3) is 2.34. The Morgan fingerprint density at radius 2 is 1.50 bits per heavy atom. The molecule has 0 saturated heterocycles. The van der Waals surface area contributed by atoms with Crippen LogP contribution in [0.5, 0.6) is 0 Å². The summed E-state index contributed by atoms with van der Waals surface area (Å²) in [6, 6.07) is 0. The van der Waals surface area contributed by atoms with Crippen molar-refractivity contribution in [2.24, 2.45) is 11.8 Å². The minimum atomic E-state index is -1.70. The fraction of sp³-hybridized carbons (Fsp3) is 0.571. The highest BCUT2D eigenvalue weighted by Gasteiger charge is 2.33. The lowest BCUT2D eigenvalue weighted by Crippen LogP contribution is -2.33. The third-order valence-corrected chi connectivity index (χ3v) is 1.43. The Morgan fingerprint density at radius 3 is 1.58 bits per heavy atom. The van der Waals surface area contributed by atoms with E-state index in [-0.39, 0.29) is 0 Å². The highest BCUT2D eigenvalue weighted by atomic mass is 16.4. The summed E-state index contributed by atoms with van der Waals surface area (Å²) in [5, 5.41) is 16.7. The number of hydrogen-bond acceptors (Lipinski definition) is 3. The smallest absolute Gasteiger partial charge is 0.373 e. The summed E-state index contributed by atoms with van der Waals surface area (Å²) in [6.45, 7) is 2.97. The summed E-state index contributed by atoms with van der Waals surface area (Å²) < 4.78 is 0. The maximum absolute atomic E-state index is 10.7. The van der Waals surface area contributed by atoms with E-state index in [2.05, 4.69) is 0 Å². The number of aliphatic carboxylic acids is 2. The van der Waals surface area contributed by atoms with Gasteiger partial charge in [0.05, 0.1) is 0 Å². The largest absolute Gasteiger partial charge is 0.481 e. The molecular formula is C7H10O5. The summed E-state index contributed by atoms with van der Waals surface area (Å²) in [7, 11) is 0. The van der Waals surface area contributed by atoms with Gasteiger partial charge in [-0.2, -0.15) is 0 Å². The Hall–Kier alpha value is -1.39. The molecule has 1 unspecified atom stereocenters. The number of carbonyl (C=O) groups excluding carboxylic acids is 1. The van der Waals surface area contributed by atoms with Crippen molar-refractivity contribution in [1.82, 2.24) is 0 Å². The van der Waals surface area contributed by atoms with E-state index in [1.165, 1.54) is 13.8 Å². The molecule has 0 aliphatic rings. The Kier molecular flexibility index (Phi) is 3.40. The zero-order chi connectivity index (χ0) is 9.89. The Labute approximate surface area is 69.0 Å². The van der Waals surface area contributed by atoms with Crippen LogP contribution in [-0.2, 0) is 14.4 Å². The molecule has 0 rings (SSSR count). The second-order valence-electron chi connectivity index (χ2n) is 2.73. The lowest BCUT2D eigenvalue weighted by atomic mass is 9.92. The van der Waals surface area contributed by atoms with Crippen molar-refractivity contribution in [2.45, 2.75) is 13.8 Å². The first kappa shape index (κ1) is 10.6. The first-order valence-corrected chi connectivity index (χ1v) is 3.37. The van der Waals surface area contributed by atoms with Gasteiger partial charge in [0, 0.05) is 0 Å². The number of hydrogen-bond donors (Lipinski definition) is 2. The molecule has 0 aromatic rings. The molecular weight excluding hydrogens is 164 g/mol. The highest BCUT2D eigenvalue weighted by Crippen LogP contribution is 2.12. The summed E-state index contributed by atoms with van der Waals surface area (Å²) in [6.07, 6.45) is 0. The lowest BCUT2D eigenvalue weighted by Gasteiger charge is -2.11. The van der Waals surface area contributed by atoms with Crippen LogP contribution < -0.4 is 0 Å². The molecule has 0 saturated carbocycles. The van der Waals surface area contributed by atoms with Crippen molar-refractivity contribution in [3.63, 3.8) is 0 Å². The van der Waals surface area contributed by atoms with Crippen LogP contribution in [0.25, 0.3) is 0 Å². The molecule has 0 aromatic carbocycles. The van der Waals surface area contributed by atoms with Gasteiger partial charge in [0.25, 0.3) is 5.78 Å². The molecule has 0 aliphatic heterocycles. The van der Waals surface area contributed by atoms with E-state index in [0.29, 0.717) is 0 Å². The molecule has 0 fully saturated rings. The molecule has 12 heavy (non-hydrogen) atoms. The van der Waals surface area contributed by atoms with Gasteiger partial charge in [0.15, 0.2) is 0 Å². The van der Waals surface area contributed by atoms with Crippen molar-refractivity contribution in [2.75, 3.05) is 0 Å². The molecule has 0 heterocycles. The lowest BCUT2D eigenvalue weighted by molar-refractivity contribution is -0.158. The van der Waals surface area contributed by atoms with E-state index in [1.807, 2.05) is 0 Å². The molecule has 0 aliphatic carbocycles. The Bertz CT molecular complexity index is 218. The SMILES string of the molecule is CC(C)C(C(=O)O)C(=O)C(=O)O. The first-order chi connectivity index (χ1) is 5.37. The van der Waals surface area contributed by atoms with E-state index in [0.717, 1.165) is 0 Å². The van der Waals surface area contributed by atoms with Crippen LogP contribution in [0, 0.1) is 11.8 Å². The number of Topliss-reactive ketones (excluding diaryl/α,β-unsaturated/α-hetero) is 1. The molecule has 68 valence electrons. The van der Waals surface area contributed by atoms with Gasteiger partial charge in [-0.3, -0.25) is 9.59 Å². The number of carbonyl (C=O) groups is 3. The number of ketones is 1. The average Bonchev–Trinajstić information content (AvgIpc) is 1.85. The molecule has 0 amide bonds. The van der Waals surface area contributed by atoms with Crippen LogP contribution in [0.4, 0.5) is 0 Å². The zero-order valence-corrected chi connectivity index (χ0v) is 6.77. The standard InChI is InChI=1S/C7H10O5/c1-3(2)4(6(9)10)5(8)7(11)12/h3-4H,1-2H3,(H,9,10)(H,11,12). The van der Waals surface area contributed by atoms with Gasteiger partial charge in [-0.05, 0) is 5.92 Å². The first-order valence-electron chi connectivity index (χ1n) is 3.37. The summed E-state index contributed by atoms with van der Waals surface area (Å²) in [4.78, 5) is 31.3. The Balaban J connectivity index is 4.64. The van der Waals surface area contributed by atoms with Crippen LogP contribution in [0.2, 0.25) is 0 Å². The third-order valence-electron chi connectivity index (χ3n) is 1.43. The maximum Gasteiger partial charge on any atom is 0.373 e. The summed E-state index contributed by atoms with van der Waals surface area (Å²) in [5.74, 6) is -6.31. The predicted molar refractivity (Wildman–Crippen MR) is 38.6 cm³/mol. The highest BCUT2D eigenvalue weighted by molar-refractivity contribution is 6.37. The monoisotopic (exact) mass is 174 g/mol. The molecule has 0 radical (unpaired) electrons. The molecule has 1 atom stereocenters. The van der Waals surface area contributed by atoms with Gasteiger partial charge in [0.1, 0.15) is 5.92 Å². The number of rotatable bonds is 4. The van der Waals surface area contributed by atoms with Gasteiger partial charge in [-0.15, -0.1) is 0 Å². The van der Waals surface area contributed by atoms with Gasteiger partial charge in [-0.1, -0.05) is 13.8 Å². The van der Waals surface area contributed by atoms with Crippen molar-refractivity contribution < 1.29 is 24.6 Å². The second kappa shape index (κ2) is 3.85. The van der Waals surface area contributed by atoms with Gasteiger partial charge < -0.3 is 10.2 Å². The summed E-state index contributed by atoms with van der Waals surface area (Å²) in [5.41, 5.74) is 0. The van der Waals surface area contributed by atoms with E-state index in [1.54, 1.807) is 0 Å². The van der Waals surface area contributed by atoms with E-state index >= 15 is 0 Å². The zero-order valence-electron chi connectivity index (χ0n) is 6.77. The van der Waals surface area contributed by atoms with Crippen molar-refractivity contribution in [3.8, 4) is 0 Å². The summed E-state index contributed by atoms with van der Waals surface area (Å²) >= 11 is 0. The van der Waals surface area contributed by atoms with Gasteiger partial charge in [-0.25, -0.2) is 4.79 Å². The van der Waals surface area contributed by atoms with Crippen LogP contribution in [0.1, 0.15) is 13.8 Å². The van der Waals surface area contributed by atoms with Crippen molar-refractivity contribution in [1.29, 1.82) is 0 Å². The fourth-order valence-corrected chi connectivity index (χ4v) is 0.833. The van der Waals surface area contributed by atoms with Crippen molar-refractivity contribution >= 4 is 17.7 Å². The van der Waals surface area contributed by atoms with E-state index in [4.69, 9.17) is 10.2 Å². The Morgan fingerprint density at radius 1 is 1.08 bits per heavy atom. The van der Waals surface area contributed by atoms with Crippen LogP contribution in [-0.4, -0.2) is 27.9 Å². The average molecular weight is 174 g/mol. The number of carboxylic acids is 2. The predicted octanol–water partition coefficient (Wildman–Crippen LogP) is -0.00310. The normalized spacial score (nSPS) is 12.6. The quantitative estimate of drug-likeness (QED) is 0.462. The topological polar surface area (TPSA) is 91.7 Å². The van der Waals surface area contributed by atoms with Gasteiger partial charge >= 0.3 is 11.9 Å². The minimum absolute atomic E-state index is 0.508. The number of carboxylic acid groups (broad SMARTS) is 2. The second-order valence-corrected chi connectivity index (χ2v) is 2.73. The van der Waals surface area contributed by atoms with E-state index < -0.39 is 29.6 Å². The van der Waals surface area contributed by atoms with E-state index in [9.17, 15) is 14.4 Å². The maximum atomic E-state index is 10.7. The molecule has 0 bridgehead atoms. The fourth-order valence-electron chi connectivity index (χ4n) is 0.833. The molecule has 0 aromatic heterocycles. The molecule has 5 heteroatoms. The minimum Gasteiger partial charge on any atom is -0.481 e. The van der Waals surface area contributed by atoms with Gasteiger partial charge in [0.2, 0.25) is 0 Å². The molecule has 2 N–H and O–H groups in total. The van der Waals surface area contributed by atoms with Crippen LogP contribution in [0.3, 0.4) is 0 Å². The van der Waals surface area contributed by atoms with Crippen LogP contribution in [0.15, 0.2) is 0 Å². The molecule has 0 spiro atoms.